The topological polar surface area (TPSA) is 55.1 Å². The first-order valence-corrected chi connectivity index (χ1v) is 8.37. The van der Waals surface area contributed by atoms with E-state index in [2.05, 4.69) is 12.3 Å². The Balaban J connectivity index is 2.08. The molecule has 0 aromatic heterocycles. The van der Waals surface area contributed by atoms with E-state index in [-0.39, 0.29) is 5.78 Å². The van der Waals surface area contributed by atoms with Crippen LogP contribution in [0, 0.1) is 0 Å². The predicted octanol–water partition coefficient (Wildman–Crippen LogP) is 5.08. The lowest BCUT2D eigenvalue weighted by molar-refractivity contribution is 0.0979. The number of carbonyl (C=O) groups excluding carboxylic acids is 1. The molecule has 3 N–H and O–H groups in total. The Labute approximate surface area is 129 Å². The Kier molecular flexibility index (Phi) is 9.55. The highest BCUT2D eigenvalue weighted by atomic mass is 16.1. The lowest BCUT2D eigenvalue weighted by Gasteiger charge is -2.04. The van der Waals surface area contributed by atoms with Crippen LogP contribution in [0.4, 0.5) is 5.69 Å². The first kappa shape index (κ1) is 17.7. The largest absolute Gasteiger partial charge is 0.324 e. The highest BCUT2D eigenvalue weighted by Gasteiger charge is 2.05. The van der Waals surface area contributed by atoms with Crippen molar-refractivity contribution in [3.8, 4) is 0 Å². The van der Waals surface area contributed by atoms with Crippen LogP contribution < -0.4 is 11.3 Å². The van der Waals surface area contributed by atoms with Gasteiger partial charge in [0.2, 0.25) is 0 Å². The lowest BCUT2D eigenvalue weighted by Crippen LogP contribution is -2.08. The van der Waals surface area contributed by atoms with Crippen LogP contribution in [-0.2, 0) is 0 Å². The highest BCUT2D eigenvalue weighted by Crippen LogP contribution is 2.14. The zero-order valence-corrected chi connectivity index (χ0v) is 13.4. The molecule has 1 rings (SSSR count). The summed E-state index contributed by atoms with van der Waals surface area (Å²) in [6.45, 7) is 2.25. The van der Waals surface area contributed by atoms with Crippen LogP contribution in [0.2, 0.25) is 0 Å². The van der Waals surface area contributed by atoms with Crippen LogP contribution in [0.25, 0.3) is 0 Å². The van der Waals surface area contributed by atoms with E-state index in [1.54, 1.807) is 0 Å². The van der Waals surface area contributed by atoms with Gasteiger partial charge in [0.15, 0.2) is 5.78 Å². The van der Waals surface area contributed by atoms with Gasteiger partial charge in [-0.15, -0.1) is 0 Å². The maximum absolute atomic E-state index is 12.1. The minimum Gasteiger partial charge on any atom is -0.324 e. The van der Waals surface area contributed by atoms with Gasteiger partial charge in [0.05, 0.1) is 0 Å². The molecule has 0 unspecified atom stereocenters. The van der Waals surface area contributed by atoms with E-state index in [1.807, 2.05) is 24.3 Å². The molecule has 1 aromatic carbocycles. The van der Waals surface area contributed by atoms with Gasteiger partial charge in [-0.3, -0.25) is 10.6 Å². The summed E-state index contributed by atoms with van der Waals surface area (Å²) in [7, 11) is 0. The minimum absolute atomic E-state index is 0.218. The van der Waals surface area contributed by atoms with E-state index in [9.17, 15) is 4.79 Å². The van der Waals surface area contributed by atoms with Crippen LogP contribution in [0.15, 0.2) is 24.3 Å². The number of nitrogens with two attached hydrogens (primary N) is 1. The Hall–Kier alpha value is -1.35. The first-order chi connectivity index (χ1) is 10.3. The number of anilines is 1. The van der Waals surface area contributed by atoms with Crippen LogP contribution in [0.5, 0.6) is 0 Å². The maximum Gasteiger partial charge on any atom is 0.162 e. The molecule has 3 heteroatoms. The molecule has 118 valence electrons. The molecule has 0 radical (unpaired) electrons. The normalized spacial score (nSPS) is 10.6. The number of unbranched alkanes of at least 4 members (excludes halogenated alkanes) is 8. The fraction of sp³-hybridized carbons (Fsp3) is 0.611. The SMILES string of the molecule is CCCCCCCCCCCC(=O)c1cccc(NN)c1. The number of nitrogens with one attached hydrogen (secondary N) is 1. The van der Waals surface area contributed by atoms with Gasteiger partial charge < -0.3 is 5.43 Å². The summed E-state index contributed by atoms with van der Waals surface area (Å²) < 4.78 is 0. The summed E-state index contributed by atoms with van der Waals surface area (Å²) in [6.07, 6.45) is 12.1. The molecule has 1 aromatic rings. The van der Waals surface area contributed by atoms with Gasteiger partial charge in [0, 0.05) is 17.7 Å². The second-order valence-electron chi connectivity index (χ2n) is 5.73. The highest BCUT2D eigenvalue weighted by molar-refractivity contribution is 5.96. The summed E-state index contributed by atoms with van der Waals surface area (Å²) in [4.78, 5) is 12.1. The van der Waals surface area contributed by atoms with Crippen LogP contribution in [0.3, 0.4) is 0 Å². The number of Topliss-reactive ketones (excluding diaryl/α,β-unsaturated/α-hetero) is 1. The van der Waals surface area contributed by atoms with E-state index >= 15 is 0 Å². The number of carbonyl (C=O) groups is 1. The minimum atomic E-state index is 0.218. The quantitative estimate of drug-likeness (QED) is 0.244. The Morgan fingerprint density at radius 2 is 1.62 bits per heavy atom. The summed E-state index contributed by atoms with van der Waals surface area (Å²) in [5.41, 5.74) is 4.11. The summed E-state index contributed by atoms with van der Waals surface area (Å²) in [6, 6.07) is 7.39. The fourth-order valence-corrected chi connectivity index (χ4v) is 2.52. The van der Waals surface area contributed by atoms with Gasteiger partial charge in [0.1, 0.15) is 0 Å². The molecule has 0 aliphatic rings. The first-order valence-electron chi connectivity index (χ1n) is 8.37. The van der Waals surface area contributed by atoms with E-state index in [0.717, 1.165) is 24.1 Å². The molecular formula is C18H30N2O. The second kappa shape index (κ2) is 11.3. The van der Waals surface area contributed by atoms with E-state index < -0.39 is 0 Å². The molecule has 0 spiro atoms. The summed E-state index contributed by atoms with van der Waals surface area (Å²) in [5, 5.41) is 0. The molecular weight excluding hydrogens is 260 g/mol. The van der Waals surface area contributed by atoms with Crippen molar-refractivity contribution < 1.29 is 4.79 Å². The number of hydrogen-bond donors (Lipinski definition) is 2. The zero-order valence-electron chi connectivity index (χ0n) is 13.4. The molecule has 3 nitrogen and oxygen atoms in total. The van der Waals surface area contributed by atoms with Crippen molar-refractivity contribution in [1.29, 1.82) is 0 Å². The number of hydrazine groups is 1. The maximum atomic E-state index is 12.1. The van der Waals surface area contributed by atoms with Crippen molar-refractivity contribution in [2.75, 3.05) is 5.43 Å². The van der Waals surface area contributed by atoms with Gasteiger partial charge in [-0.1, -0.05) is 70.4 Å². The smallest absolute Gasteiger partial charge is 0.162 e. The molecule has 0 fully saturated rings. The molecule has 0 amide bonds. The van der Waals surface area contributed by atoms with E-state index in [0.29, 0.717) is 6.42 Å². The van der Waals surface area contributed by atoms with Gasteiger partial charge in [-0.25, -0.2) is 0 Å². The summed E-state index contributed by atoms with van der Waals surface area (Å²) >= 11 is 0. The molecule has 21 heavy (non-hydrogen) atoms. The molecule has 0 aliphatic heterocycles. The number of rotatable bonds is 12. The van der Waals surface area contributed by atoms with Gasteiger partial charge in [-0.05, 0) is 18.6 Å². The monoisotopic (exact) mass is 290 g/mol. The van der Waals surface area contributed by atoms with Gasteiger partial charge >= 0.3 is 0 Å². The van der Waals surface area contributed by atoms with Gasteiger partial charge in [0.25, 0.3) is 0 Å². The molecule has 0 heterocycles. The number of nitrogen functional groups attached to an aromatic ring is 1. The Bertz CT molecular complexity index is 404. The number of ketones is 1. The van der Waals surface area contributed by atoms with Crippen LogP contribution in [0.1, 0.15) is 81.5 Å². The Morgan fingerprint density at radius 1 is 1.00 bits per heavy atom. The van der Waals surface area contributed by atoms with Crippen molar-refractivity contribution in [1.82, 2.24) is 0 Å². The molecule has 0 saturated heterocycles. The molecule has 0 saturated carbocycles. The van der Waals surface area contributed by atoms with Crippen molar-refractivity contribution >= 4 is 11.5 Å². The number of benzene rings is 1. The average Bonchev–Trinajstić information content (AvgIpc) is 2.53. The van der Waals surface area contributed by atoms with Crippen molar-refractivity contribution in [3.05, 3.63) is 29.8 Å². The lowest BCUT2D eigenvalue weighted by atomic mass is 10.0. The average molecular weight is 290 g/mol. The second-order valence-corrected chi connectivity index (χ2v) is 5.73. The third-order valence-corrected chi connectivity index (χ3v) is 3.86. The summed E-state index contributed by atoms with van der Waals surface area (Å²) in [5.74, 6) is 5.57. The fourth-order valence-electron chi connectivity index (χ4n) is 2.52. The predicted molar refractivity (Wildman–Crippen MR) is 90.4 cm³/mol. The van der Waals surface area contributed by atoms with E-state index in [1.165, 1.54) is 44.9 Å². The standard InChI is InChI=1S/C18H30N2O/c1-2-3-4-5-6-7-8-9-10-14-18(21)16-12-11-13-17(15-16)20-19/h11-13,15,20H,2-10,14,19H2,1H3. The third-order valence-electron chi connectivity index (χ3n) is 3.86. The van der Waals surface area contributed by atoms with Crippen LogP contribution >= 0.6 is 0 Å². The third kappa shape index (κ3) is 7.86. The van der Waals surface area contributed by atoms with Crippen molar-refractivity contribution in [3.63, 3.8) is 0 Å². The number of hydrogen-bond acceptors (Lipinski definition) is 3. The van der Waals surface area contributed by atoms with Crippen LogP contribution in [-0.4, -0.2) is 5.78 Å². The van der Waals surface area contributed by atoms with Crippen molar-refractivity contribution in [2.24, 2.45) is 5.84 Å². The van der Waals surface area contributed by atoms with Crippen molar-refractivity contribution in [2.45, 2.75) is 71.1 Å². The molecule has 0 atom stereocenters. The van der Waals surface area contributed by atoms with E-state index in [4.69, 9.17) is 5.84 Å². The zero-order chi connectivity index (χ0) is 15.3. The Morgan fingerprint density at radius 3 is 2.24 bits per heavy atom. The van der Waals surface area contributed by atoms with Gasteiger partial charge in [-0.2, -0.15) is 0 Å². The molecule has 0 bridgehead atoms. The molecule has 0 aliphatic carbocycles.